The van der Waals surface area contributed by atoms with Gasteiger partial charge in [0.25, 0.3) is 0 Å². The van der Waals surface area contributed by atoms with Gasteiger partial charge in [-0.25, -0.2) is 0 Å². The molecule has 23 heteroatoms. The van der Waals surface area contributed by atoms with Crippen LogP contribution in [0.3, 0.4) is 0 Å². The number of nitrogens with zero attached hydrogens (tertiary/aromatic N) is 1. The van der Waals surface area contributed by atoms with Crippen LogP contribution in [0.25, 0.3) is 0 Å². The molecular weight excluding hydrogens is 1020 g/mol. The topological polar surface area (TPSA) is 495 Å². The smallest absolute Gasteiger partial charge is 0.219 e. The predicted octanol–water partition coefficient (Wildman–Crippen LogP) is 8.76. The molecule has 0 spiro atoms. The number of aryl methyl sites for hydroxylation is 1. The van der Waals surface area contributed by atoms with Crippen molar-refractivity contribution in [3.8, 4) is 0 Å². The molecule has 1 amide bonds. The summed E-state index contributed by atoms with van der Waals surface area (Å²) in [5.74, 6) is 3.05. The number of carbonyl (C=O) groups excluding carboxylic acids is 12. The van der Waals surface area contributed by atoms with E-state index in [0.717, 1.165) is 37.3 Å². The summed E-state index contributed by atoms with van der Waals surface area (Å²) in [5, 5.41) is 0. The Labute approximate surface area is 491 Å². The van der Waals surface area contributed by atoms with Crippen molar-refractivity contribution >= 4 is 79.6 Å². The fraction of sp³-hybridized carbons (Fsp3) is 0.679. The maximum Gasteiger partial charge on any atom is 0.219 e. The van der Waals surface area contributed by atoms with E-state index >= 15 is 0 Å². The fourth-order valence-electron chi connectivity index (χ4n) is 1.92. The molecule has 0 saturated carbocycles. The number of carbonyl (C=O) groups is 12. The lowest BCUT2D eigenvalue weighted by Crippen LogP contribution is -2.33. The molecule has 0 bridgehead atoms. The third kappa shape index (κ3) is 707. The number of rotatable bonds is 4. The molecule has 1 heterocycles. The first kappa shape index (κ1) is 179. The van der Waals surface area contributed by atoms with Crippen molar-refractivity contribution in [3.05, 3.63) is 35.9 Å². The lowest BCUT2D eigenvalue weighted by molar-refractivity contribution is -0.129. The van der Waals surface area contributed by atoms with Crippen LogP contribution in [0.1, 0.15) is 176 Å². The van der Waals surface area contributed by atoms with Gasteiger partial charge in [0.2, 0.25) is 5.91 Å². The van der Waals surface area contributed by atoms with E-state index in [1.165, 1.54) is 107 Å². The van der Waals surface area contributed by atoms with E-state index in [1.54, 1.807) is 6.92 Å². The largest absolute Gasteiger partial charge is 0.344 e. The van der Waals surface area contributed by atoms with Gasteiger partial charge in [-0.1, -0.05) is 160 Å². The number of nitrogens with two attached hydrogens (primary N) is 7. The molecule has 498 valence electrons. The molecule has 1 aliphatic heterocycles. The normalized spacial score (nSPS) is 6.61. The summed E-state index contributed by atoms with van der Waals surface area (Å²) in [4.78, 5) is 102. The molecule has 23 N–H and O–H groups in total. The highest BCUT2D eigenvalue weighted by Gasteiger charge is 2.11. The Morgan fingerprint density at radius 1 is 0.380 bits per heavy atom. The molecule has 1 aliphatic rings. The molecule has 1 saturated heterocycles. The lowest BCUT2D eigenvalue weighted by atomic mass is 10.1. The predicted molar refractivity (Wildman–Crippen MR) is 355 cm³/mol. The number of hydrogen-bond acceptors (Lipinski definition) is 22. The Balaban J connectivity index is -0.0000000146. The first-order valence-corrected chi connectivity index (χ1v) is 24.5. The summed E-state index contributed by atoms with van der Waals surface area (Å²) < 4.78 is 0. The van der Waals surface area contributed by atoms with Crippen molar-refractivity contribution in [1.82, 2.24) is 23.4 Å². The lowest BCUT2D eigenvalue weighted by Gasteiger charge is -2.24. The fourth-order valence-corrected chi connectivity index (χ4v) is 1.92. The minimum Gasteiger partial charge on any atom is -0.344 e. The number of Topliss-reactive ketones (excluding diaryl/α,β-unsaturated/α-hetero) is 1. The summed E-state index contributed by atoms with van der Waals surface area (Å²) in [7, 11) is 10.5. The number of hydrogen-bond donors (Lipinski definition) is 10. The van der Waals surface area contributed by atoms with Crippen molar-refractivity contribution in [2.75, 3.05) is 62.4 Å². The quantitative estimate of drug-likeness (QED) is 0.135. The average Bonchev–Trinajstić information content (AvgIpc) is 3.55. The van der Waals surface area contributed by atoms with Gasteiger partial charge < -0.3 is 116 Å². The van der Waals surface area contributed by atoms with Gasteiger partial charge in [-0.2, -0.15) is 0 Å². The van der Waals surface area contributed by atoms with Crippen LogP contribution in [-0.4, -0.2) is 147 Å². The zero-order valence-corrected chi connectivity index (χ0v) is 57.1. The van der Waals surface area contributed by atoms with Crippen LogP contribution < -0.4 is 58.6 Å². The molecular formula is C56H147N11O12. The van der Waals surface area contributed by atoms with E-state index in [-0.39, 0.29) is 30.1 Å². The van der Waals surface area contributed by atoms with Crippen molar-refractivity contribution < 1.29 is 57.5 Å². The Kier molecular flexibility index (Phi) is 959. The Morgan fingerprint density at radius 2 is 0.519 bits per heavy atom. The summed E-state index contributed by atoms with van der Waals surface area (Å²) in [6.07, 6.45) is 8.74. The zero-order valence-electron chi connectivity index (χ0n) is 57.1. The number of benzene rings is 1. The minimum absolute atomic E-state index is 0. The Hall–Kier alpha value is -5.34. The highest BCUT2D eigenvalue weighted by molar-refractivity contribution is 5.73. The molecule has 1 aromatic rings. The van der Waals surface area contributed by atoms with Crippen LogP contribution in [0.4, 0.5) is 0 Å². The van der Waals surface area contributed by atoms with Crippen LogP contribution in [0, 0.1) is 17.8 Å². The van der Waals surface area contributed by atoms with Crippen molar-refractivity contribution in [2.24, 2.45) is 57.9 Å². The van der Waals surface area contributed by atoms with Crippen LogP contribution in [0.5, 0.6) is 0 Å². The Bertz CT molecular complexity index is 721. The maximum absolute atomic E-state index is 10.7. The molecule has 79 heavy (non-hydrogen) atoms. The van der Waals surface area contributed by atoms with E-state index < -0.39 is 0 Å². The van der Waals surface area contributed by atoms with E-state index in [4.69, 9.17) is 47.9 Å². The first-order valence-electron chi connectivity index (χ1n) is 24.5. The SMILES string of the molecule is C=O.C=O.C=O.C=O.C=O.C=O.C=O.C=O.C=O.C=O.CC.CC.CC.CC(=O)N1CCCCC1.CC(C)=O.CCC(C)C.CCC(C)C.CCC(C)C.CCc1ccccc1.CN.CN.CN.CN.CN.CN.CN.N.N.N. The standard InChI is InChI=1S/C8H10.C7H13NO.3C5H12.C3H6O.3C2H6.7CH5N.10CH2O.3H3N/c1-2-8-6-4-3-5-7-8;1-7(9)8-5-3-2-4-6-8;3*1-4-5(2)3;1-3(2)4;20*1-2;;;/h3-7H,2H2,1H3;2-6H2,1H3;3*5H,4H2,1-3H3;1-2H3;3*1-2H3;7*2H2,1H3;10*1H2;3*1H3. The van der Waals surface area contributed by atoms with E-state index in [9.17, 15) is 9.59 Å². The second-order valence-electron chi connectivity index (χ2n) is 10.7. The number of likely N-dealkylation sites (tertiary alicyclic amines) is 1. The van der Waals surface area contributed by atoms with Crippen LogP contribution >= 0.6 is 0 Å². The number of amides is 1. The van der Waals surface area contributed by atoms with Crippen molar-refractivity contribution in [1.29, 1.82) is 0 Å². The average molecular weight is 1170 g/mol. The van der Waals surface area contributed by atoms with E-state index in [2.05, 4.69) is 134 Å². The van der Waals surface area contributed by atoms with E-state index in [0.29, 0.717) is 0 Å². The van der Waals surface area contributed by atoms with Gasteiger partial charge >= 0.3 is 0 Å². The molecule has 0 aromatic heterocycles. The van der Waals surface area contributed by atoms with Crippen molar-refractivity contribution in [3.63, 3.8) is 0 Å². The molecule has 1 fully saturated rings. The highest BCUT2D eigenvalue weighted by Crippen LogP contribution is 2.07. The van der Waals surface area contributed by atoms with Gasteiger partial charge in [0.1, 0.15) is 73.7 Å². The second-order valence-corrected chi connectivity index (χ2v) is 10.7. The van der Waals surface area contributed by atoms with Gasteiger partial charge in [0.15, 0.2) is 0 Å². The minimum atomic E-state index is 0. The molecule has 0 atom stereocenters. The molecule has 0 aliphatic carbocycles. The van der Waals surface area contributed by atoms with E-state index in [1.807, 2.05) is 120 Å². The summed E-state index contributed by atoms with van der Waals surface area (Å²) in [6.45, 7) is 60.8. The summed E-state index contributed by atoms with van der Waals surface area (Å²) in [5.41, 5.74) is 32.9. The van der Waals surface area contributed by atoms with Gasteiger partial charge in [-0.05, 0) is 112 Å². The molecule has 0 unspecified atom stereocenters. The third-order valence-corrected chi connectivity index (χ3v) is 5.50. The molecule has 0 radical (unpaired) electrons. The summed E-state index contributed by atoms with van der Waals surface area (Å²) >= 11 is 0. The summed E-state index contributed by atoms with van der Waals surface area (Å²) in [6, 6.07) is 10.5. The maximum atomic E-state index is 10.7. The van der Waals surface area contributed by atoms with Gasteiger partial charge in [-0.3, -0.25) is 4.79 Å². The second kappa shape index (κ2) is 424. The third-order valence-electron chi connectivity index (χ3n) is 5.50. The van der Waals surface area contributed by atoms with Gasteiger partial charge in [0, 0.05) is 20.0 Å². The van der Waals surface area contributed by atoms with Crippen LogP contribution in [0.15, 0.2) is 30.3 Å². The molecule has 1 aromatic carbocycles. The Morgan fingerprint density at radius 3 is 0.595 bits per heavy atom. The van der Waals surface area contributed by atoms with Gasteiger partial charge in [0.05, 0.1) is 0 Å². The van der Waals surface area contributed by atoms with Crippen LogP contribution in [-0.2, 0) is 64.0 Å². The van der Waals surface area contributed by atoms with Crippen LogP contribution in [0.2, 0.25) is 0 Å². The first-order chi connectivity index (χ1) is 36.8. The monoisotopic (exact) mass is 1170 g/mol. The van der Waals surface area contributed by atoms with Crippen molar-refractivity contribution in [2.45, 2.75) is 176 Å². The van der Waals surface area contributed by atoms with Gasteiger partial charge in [-0.15, -0.1) is 0 Å². The molecule has 23 nitrogen and oxygen atoms in total. The number of piperidine rings is 1. The zero-order chi connectivity index (χ0) is 68.9. The highest BCUT2D eigenvalue weighted by atomic mass is 16.2. The molecule has 2 rings (SSSR count). The number of ketones is 1.